The summed E-state index contributed by atoms with van der Waals surface area (Å²) < 4.78 is 5.70. The van der Waals surface area contributed by atoms with Crippen molar-refractivity contribution < 1.29 is 14.6 Å². The SMILES string of the molecule is Cc1ccc(OC(C)C(=O)N(CCO)C2CCC2)cc1. The summed E-state index contributed by atoms with van der Waals surface area (Å²) in [4.78, 5) is 14.2. The predicted molar refractivity (Wildman–Crippen MR) is 77.7 cm³/mol. The fourth-order valence-electron chi connectivity index (χ4n) is 2.38. The molecule has 1 atom stereocenters. The van der Waals surface area contributed by atoms with Gasteiger partial charge in [0.05, 0.1) is 6.61 Å². The third kappa shape index (κ3) is 3.51. The Morgan fingerprint density at radius 1 is 1.40 bits per heavy atom. The summed E-state index contributed by atoms with van der Waals surface area (Å²) >= 11 is 0. The van der Waals surface area contributed by atoms with Crippen LogP contribution in [0.5, 0.6) is 5.75 Å². The molecule has 1 N–H and O–H groups in total. The van der Waals surface area contributed by atoms with Crippen molar-refractivity contribution in [2.75, 3.05) is 13.2 Å². The van der Waals surface area contributed by atoms with Gasteiger partial charge < -0.3 is 14.7 Å². The molecule has 0 spiro atoms. The van der Waals surface area contributed by atoms with Crippen molar-refractivity contribution in [3.05, 3.63) is 29.8 Å². The number of benzene rings is 1. The number of nitrogens with zero attached hydrogens (tertiary/aromatic N) is 1. The smallest absolute Gasteiger partial charge is 0.263 e. The van der Waals surface area contributed by atoms with Crippen LogP contribution in [-0.2, 0) is 4.79 Å². The molecule has 0 radical (unpaired) electrons. The molecule has 110 valence electrons. The van der Waals surface area contributed by atoms with E-state index in [1.54, 1.807) is 11.8 Å². The summed E-state index contributed by atoms with van der Waals surface area (Å²) in [5.41, 5.74) is 1.16. The second kappa shape index (κ2) is 6.75. The van der Waals surface area contributed by atoms with E-state index in [0.717, 1.165) is 24.8 Å². The van der Waals surface area contributed by atoms with Crippen LogP contribution in [0.15, 0.2) is 24.3 Å². The minimum absolute atomic E-state index is 0.000504. The maximum absolute atomic E-state index is 12.4. The fraction of sp³-hybridized carbons (Fsp3) is 0.562. The van der Waals surface area contributed by atoms with Gasteiger partial charge in [0.1, 0.15) is 5.75 Å². The number of carbonyl (C=O) groups excluding carboxylic acids is 1. The van der Waals surface area contributed by atoms with Crippen LogP contribution in [0.25, 0.3) is 0 Å². The van der Waals surface area contributed by atoms with Crippen LogP contribution >= 0.6 is 0 Å². The molecule has 4 nitrogen and oxygen atoms in total. The van der Waals surface area contributed by atoms with E-state index in [9.17, 15) is 4.79 Å². The minimum atomic E-state index is -0.523. The van der Waals surface area contributed by atoms with Crippen molar-refractivity contribution in [3.63, 3.8) is 0 Å². The minimum Gasteiger partial charge on any atom is -0.481 e. The van der Waals surface area contributed by atoms with Gasteiger partial charge in [-0.05, 0) is 45.2 Å². The topological polar surface area (TPSA) is 49.8 Å². The molecule has 1 aliphatic carbocycles. The number of aryl methyl sites for hydroxylation is 1. The second-order valence-corrected chi connectivity index (χ2v) is 5.41. The first-order valence-electron chi connectivity index (χ1n) is 7.26. The van der Waals surface area contributed by atoms with E-state index < -0.39 is 6.10 Å². The molecule has 1 aromatic rings. The fourth-order valence-corrected chi connectivity index (χ4v) is 2.38. The first-order valence-corrected chi connectivity index (χ1v) is 7.26. The number of hydrogen-bond donors (Lipinski definition) is 1. The quantitative estimate of drug-likeness (QED) is 0.866. The molecular weight excluding hydrogens is 254 g/mol. The van der Waals surface area contributed by atoms with Gasteiger partial charge in [0.25, 0.3) is 5.91 Å². The van der Waals surface area contributed by atoms with Gasteiger partial charge >= 0.3 is 0 Å². The first kappa shape index (κ1) is 14.9. The highest BCUT2D eigenvalue weighted by atomic mass is 16.5. The molecule has 0 heterocycles. The predicted octanol–water partition coefficient (Wildman–Crippen LogP) is 2.14. The average molecular weight is 277 g/mol. The van der Waals surface area contributed by atoms with Crippen LogP contribution < -0.4 is 4.74 Å². The number of carbonyl (C=O) groups is 1. The Morgan fingerprint density at radius 3 is 2.55 bits per heavy atom. The zero-order valence-electron chi connectivity index (χ0n) is 12.2. The number of rotatable bonds is 6. The highest BCUT2D eigenvalue weighted by Gasteiger charge is 2.31. The Hall–Kier alpha value is -1.55. The van der Waals surface area contributed by atoms with E-state index in [4.69, 9.17) is 9.84 Å². The molecule has 2 rings (SSSR count). The zero-order chi connectivity index (χ0) is 14.5. The molecule has 0 saturated heterocycles. The van der Waals surface area contributed by atoms with Gasteiger partial charge in [-0.25, -0.2) is 0 Å². The highest BCUT2D eigenvalue weighted by molar-refractivity contribution is 5.81. The Morgan fingerprint density at radius 2 is 2.05 bits per heavy atom. The van der Waals surface area contributed by atoms with E-state index >= 15 is 0 Å². The van der Waals surface area contributed by atoms with Gasteiger partial charge in [-0.3, -0.25) is 4.79 Å². The first-order chi connectivity index (χ1) is 9.61. The Kier molecular flexibility index (Phi) is 5.01. The normalized spacial score (nSPS) is 16.4. The van der Waals surface area contributed by atoms with E-state index in [-0.39, 0.29) is 18.6 Å². The summed E-state index contributed by atoms with van der Waals surface area (Å²) in [5, 5.41) is 9.12. The summed E-state index contributed by atoms with van der Waals surface area (Å²) in [7, 11) is 0. The number of aliphatic hydroxyl groups excluding tert-OH is 1. The van der Waals surface area contributed by atoms with Gasteiger partial charge in [-0.15, -0.1) is 0 Å². The molecule has 0 aliphatic heterocycles. The van der Waals surface area contributed by atoms with E-state index in [2.05, 4.69) is 0 Å². The lowest BCUT2D eigenvalue weighted by molar-refractivity contribution is -0.142. The maximum atomic E-state index is 12.4. The zero-order valence-corrected chi connectivity index (χ0v) is 12.2. The van der Waals surface area contributed by atoms with Gasteiger partial charge in [-0.1, -0.05) is 17.7 Å². The molecular formula is C16H23NO3. The molecule has 1 fully saturated rings. The molecule has 20 heavy (non-hydrogen) atoms. The van der Waals surface area contributed by atoms with Crippen LogP contribution in [0.2, 0.25) is 0 Å². The lowest BCUT2D eigenvalue weighted by Crippen LogP contribution is -2.50. The van der Waals surface area contributed by atoms with Crippen molar-refractivity contribution in [2.24, 2.45) is 0 Å². The van der Waals surface area contributed by atoms with Gasteiger partial charge in [0.15, 0.2) is 6.10 Å². The van der Waals surface area contributed by atoms with Crippen molar-refractivity contribution in [2.45, 2.75) is 45.3 Å². The molecule has 1 saturated carbocycles. The molecule has 0 aromatic heterocycles. The van der Waals surface area contributed by atoms with Crippen LogP contribution in [0.1, 0.15) is 31.7 Å². The lowest BCUT2D eigenvalue weighted by Gasteiger charge is -2.38. The third-order valence-corrected chi connectivity index (χ3v) is 3.82. The summed E-state index contributed by atoms with van der Waals surface area (Å²) in [5.74, 6) is 0.665. The molecule has 1 aromatic carbocycles. The number of amides is 1. The van der Waals surface area contributed by atoms with Crippen molar-refractivity contribution in [1.29, 1.82) is 0 Å². The average Bonchev–Trinajstić information content (AvgIpc) is 2.38. The lowest BCUT2D eigenvalue weighted by atomic mass is 9.91. The number of hydrogen-bond acceptors (Lipinski definition) is 3. The Balaban J connectivity index is 1.97. The molecule has 1 amide bonds. The van der Waals surface area contributed by atoms with Crippen molar-refractivity contribution in [3.8, 4) is 5.75 Å². The molecule has 0 bridgehead atoms. The maximum Gasteiger partial charge on any atom is 0.263 e. The summed E-state index contributed by atoms with van der Waals surface area (Å²) in [6.45, 7) is 4.17. The van der Waals surface area contributed by atoms with Crippen LogP contribution in [0.3, 0.4) is 0 Å². The number of aliphatic hydroxyl groups is 1. The van der Waals surface area contributed by atoms with Gasteiger partial charge in [0, 0.05) is 12.6 Å². The largest absolute Gasteiger partial charge is 0.481 e. The second-order valence-electron chi connectivity index (χ2n) is 5.41. The van der Waals surface area contributed by atoms with Crippen LogP contribution in [-0.4, -0.2) is 41.2 Å². The summed E-state index contributed by atoms with van der Waals surface area (Å²) in [6, 6.07) is 7.95. The van der Waals surface area contributed by atoms with E-state index in [0.29, 0.717) is 12.3 Å². The van der Waals surface area contributed by atoms with E-state index in [1.165, 1.54) is 0 Å². The van der Waals surface area contributed by atoms with Crippen molar-refractivity contribution >= 4 is 5.91 Å². The number of ether oxygens (including phenoxy) is 1. The Bertz CT molecular complexity index is 440. The molecule has 1 aliphatic rings. The summed E-state index contributed by atoms with van der Waals surface area (Å²) in [6.07, 6.45) is 2.70. The van der Waals surface area contributed by atoms with Gasteiger partial charge in [-0.2, -0.15) is 0 Å². The molecule has 4 heteroatoms. The third-order valence-electron chi connectivity index (χ3n) is 3.82. The van der Waals surface area contributed by atoms with Crippen LogP contribution in [0, 0.1) is 6.92 Å². The van der Waals surface area contributed by atoms with Gasteiger partial charge in [0.2, 0.25) is 0 Å². The monoisotopic (exact) mass is 277 g/mol. The highest BCUT2D eigenvalue weighted by Crippen LogP contribution is 2.25. The molecule has 1 unspecified atom stereocenters. The standard InChI is InChI=1S/C16H23NO3/c1-12-6-8-15(9-7-12)20-13(2)16(19)17(10-11-18)14-4-3-5-14/h6-9,13-14,18H,3-5,10-11H2,1-2H3. The Labute approximate surface area is 120 Å². The van der Waals surface area contributed by atoms with Crippen LogP contribution in [0.4, 0.5) is 0 Å². The van der Waals surface area contributed by atoms with E-state index in [1.807, 2.05) is 31.2 Å². The van der Waals surface area contributed by atoms with Crippen molar-refractivity contribution in [1.82, 2.24) is 4.90 Å².